The number of halogens is 2. The molecular formula is C17H21Cl2NO3. The van der Waals surface area contributed by atoms with E-state index in [4.69, 9.17) is 27.9 Å². The van der Waals surface area contributed by atoms with Crippen molar-refractivity contribution in [2.75, 3.05) is 13.2 Å². The molecule has 1 aromatic rings. The molecule has 3 atom stereocenters. The first-order valence-corrected chi connectivity index (χ1v) is 8.88. The molecule has 0 aromatic heterocycles. The van der Waals surface area contributed by atoms with E-state index in [1.54, 1.807) is 18.2 Å². The highest BCUT2D eigenvalue weighted by Crippen LogP contribution is 2.39. The molecule has 126 valence electrons. The molecule has 1 heterocycles. The summed E-state index contributed by atoms with van der Waals surface area (Å²) in [5.41, 5.74) is 0. The molecule has 23 heavy (non-hydrogen) atoms. The lowest BCUT2D eigenvalue weighted by Crippen LogP contribution is -2.44. The molecule has 3 rings (SSSR count). The molecule has 1 N–H and O–H groups in total. The van der Waals surface area contributed by atoms with Gasteiger partial charge < -0.3 is 9.84 Å². The standard InChI is InChI=1S/C17H21Cl2NO3/c18-12-5-6-16(13(19)10-12)23-8-7-20-14-4-2-1-3-11(14)9-15(20)17(21)22/h5-6,10-11,14-15H,1-4,7-9H2,(H,21,22). The lowest BCUT2D eigenvalue weighted by molar-refractivity contribution is -0.142. The highest BCUT2D eigenvalue weighted by Gasteiger charge is 2.44. The van der Waals surface area contributed by atoms with Gasteiger partial charge in [-0.25, -0.2) is 0 Å². The smallest absolute Gasteiger partial charge is 0.320 e. The number of hydrogen-bond acceptors (Lipinski definition) is 3. The van der Waals surface area contributed by atoms with Crippen molar-refractivity contribution in [1.29, 1.82) is 0 Å². The predicted octanol–water partition coefficient (Wildman–Crippen LogP) is 4.09. The highest BCUT2D eigenvalue weighted by atomic mass is 35.5. The summed E-state index contributed by atoms with van der Waals surface area (Å²) in [5.74, 6) is 0.384. The normalized spacial score (nSPS) is 27.7. The van der Waals surface area contributed by atoms with Crippen LogP contribution in [0.2, 0.25) is 10.0 Å². The molecule has 1 saturated heterocycles. The van der Waals surface area contributed by atoms with Crippen molar-refractivity contribution in [1.82, 2.24) is 4.90 Å². The van der Waals surface area contributed by atoms with Crippen LogP contribution in [0.3, 0.4) is 0 Å². The van der Waals surface area contributed by atoms with Crippen LogP contribution >= 0.6 is 23.2 Å². The van der Waals surface area contributed by atoms with E-state index in [1.165, 1.54) is 12.8 Å². The average molecular weight is 358 g/mol. The Balaban J connectivity index is 1.62. The van der Waals surface area contributed by atoms with Crippen molar-refractivity contribution in [2.24, 2.45) is 5.92 Å². The van der Waals surface area contributed by atoms with E-state index in [0.29, 0.717) is 40.9 Å². The number of aliphatic carboxylic acids is 1. The highest BCUT2D eigenvalue weighted by molar-refractivity contribution is 6.35. The van der Waals surface area contributed by atoms with Crippen molar-refractivity contribution in [3.05, 3.63) is 28.2 Å². The quantitative estimate of drug-likeness (QED) is 0.861. The van der Waals surface area contributed by atoms with Gasteiger partial charge in [0.05, 0.1) is 5.02 Å². The number of fused-ring (bicyclic) bond motifs is 1. The summed E-state index contributed by atoms with van der Waals surface area (Å²) in [6.45, 7) is 1.03. The first-order chi connectivity index (χ1) is 11.1. The Hall–Kier alpha value is -0.970. The number of carbonyl (C=O) groups is 1. The third kappa shape index (κ3) is 3.76. The van der Waals surface area contributed by atoms with Gasteiger partial charge in [0.1, 0.15) is 18.4 Å². The summed E-state index contributed by atoms with van der Waals surface area (Å²) in [4.78, 5) is 13.7. The predicted molar refractivity (Wildman–Crippen MR) is 90.4 cm³/mol. The van der Waals surface area contributed by atoms with Gasteiger partial charge in [0.25, 0.3) is 0 Å². The number of likely N-dealkylation sites (tertiary alicyclic amines) is 1. The Morgan fingerprint density at radius 3 is 2.83 bits per heavy atom. The number of hydrogen-bond donors (Lipinski definition) is 1. The monoisotopic (exact) mass is 357 g/mol. The fourth-order valence-electron chi connectivity index (χ4n) is 3.97. The molecule has 0 radical (unpaired) electrons. The van der Waals surface area contributed by atoms with E-state index >= 15 is 0 Å². The lowest BCUT2D eigenvalue weighted by Gasteiger charge is -2.32. The van der Waals surface area contributed by atoms with Gasteiger partial charge in [0.15, 0.2) is 0 Å². The summed E-state index contributed by atoms with van der Waals surface area (Å²) in [5, 5.41) is 10.5. The van der Waals surface area contributed by atoms with Gasteiger partial charge in [-0.2, -0.15) is 0 Å². The summed E-state index contributed by atoms with van der Waals surface area (Å²) in [6, 6.07) is 5.12. The molecule has 2 fully saturated rings. The van der Waals surface area contributed by atoms with Crippen LogP contribution < -0.4 is 4.74 Å². The van der Waals surface area contributed by atoms with Crippen LogP contribution in [0.25, 0.3) is 0 Å². The Bertz CT molecular complexity index is 581. The first-order valence-electron chi connectivity index (χ1n) is 8.12. The second-order valence-corrected chi connectivity index (χ2v) is 7.21. The maximum absolute atomic E-state index is 11.6. The van der Waals surface area contributed by atoms with Crippen molar-refractivity contribution in [2.45, 2.75) is 44.2 Å². The Morgan fingerprint density at radius 1 is 1.30 bits per heavy atom. The van der Waals surface area contributed by atoms with Gasteiger partial charge >= 0.3 is 5.97 Å². The van der Waals surface area contributed by atoms with Gasteiger partial charge in [-0.3, -0.25) is 9.69 Å². The van der Waals surface area contributed by atoms with E-state index in [2.05, 4.69) is 4.90 Å². The summed E-state index contributed by atoms with van der Waals surface area (Å²) in [7, 11) is 0. The van der Waals surface area contributed by atoms with Gasteiger partial charge in [-0.15, -0.1) is 0 Å². The van der Waals surface area contributed by atoms with E-state index in [0.717, 1.165) is 19.3 Å². The molecular weight excluding hydrogens is 337 g/mol. The van der Waals surface area contributed by atoms with Gasteiger partial charge in [-0.1, -0.05) is 36.0 Å². The maximum Gasteiger partial charge on any atom is 0.320 e. The maximum atomic E-state index is 11.6. The zero-order chi connectivity index (χ0) is 16.4. The van der Waals surface area contributed by atoms with Crippen LogP contribution in [-0.2, 0) is 4.79 Å². The van der Waals surface area contributed by atoms with Crippen LogP contribution in [0.5, 0.6) is 5.75 Å². The van der Waals surface area contributed by atoms with Gasteiger partial charge in [-0.05, 0) is 43.4 Å². The van der Waals surface area contributed by atoms with E-state index in [1.807, 2.05) is 0 Å². The van der Waals surface area contributed by atoms with E-state index in [9.17, 15) is 9.90 Å². The van der Waals surface area contributed by atoms with Crippen LogP contribution in [0.15, 0.2) is 18.2 Å². The summed E-state index contributed by atoms with van der Waals surface area (Å²) >= 11 is 12.0. The Labute approximate surface area is 146 Å². The average Bonchev–Trinajstić information content (AvgIpc) is 2.89. The van der Waals surface area contributed by atoms with Crippen molar-refractivity contribution in [3.8, 4) is 5.75 Å². The third-order valence-corrected chi connectivity index (χ3v) is 5.54. The van der Waals surface area contributed by atoms with Crippen molar-refractivity contribution >= 4 is 29.2 Å². The minimum Gasteiger partial charge on any atom is -0.491 e. The van der Waals surface area contributed by atoms with Crippen LogP contribution in [0.4, 0.5) is 0 Å². The largest absolute Gasteiger partial charge is 0.491 e. The molecule has 4 nitrogen and oxygen atoms in total. The fraction of sp³-hybridized carbons (Fsp3) is 0.588. The topological polar surface area (TPSA) is 49.8 Å². The zero-order valence-corrected chi connectivity index (χ0v) is 14.4. The van der Waals surface area contributed by atoms with E-state index in [-0.39, 0.29) is 6.04 Å². The molecule has 0 bridgehead atoms. The van der Waals surface area contributed by atoms with Crippen molar-refractivity contribution < 1.29 is 14.6 Å². The summed E-state index contributed by atoms with van der Waals surface area (Å²) < 4.78 is 5.74. The first kappa shape index (κ1) is 16.9. The number of rotatable bonds is 5. The molecule has 3 unspecified atom stereocenters. The minimum absolute atomic E-state index is 0.382. The fourth-order valence-corrected chi connectivity index (χ4v) is 4.43. The van der Waals surface area contributed by atoms with Gasteiger partial charge in [0.2, 0.25) is 0 Å². The van der Waals surface area contributed by atoms with Gasteiger partial charge in [0, 0.05) is 17.6 Å². The minimum atomic E-state index is -0.719. The van der Waals surface area contributed by atoms with E-state index < -0.39 is 5.97 Å². The van der Waals surface area contributed by atoms with Crippen molar-refractivity contribution in [3.63, 3.8) is 0 Å². The molecule has 6 heteroatoms. The molecule has 2 aliphatic rings. The van der Waals surface area contributed by atoms with Crippen LogP contribution in [-0.4, -0.2) is 41.2 Å². The number of benzene rings is 1. The van der Waals surface area contributed by atoms with Crippen LogP contribution in [0, 0.1) is 5.92 Å². The number of carboxylic acid groups (broad SMARTS) is 1. The Morgan fingerprint density at radius 2 is 2.09 bits per heavy atom. The molecule has 0 spiro atoms. The lowest BCUT2D eigenvalue weighted by atomic mass is 9.85. The Kier molecular flexibility index (Phi) is 5.34. The second-order valence-electron chi connectivity index (χ2n) is 6.36. The number of nitrogens with zero attached hydrogens (tertiary/aromatic N) is 1. The molecule has 1 saturated carbocycles. The summed E-state index contributed by atoms with van der Waals surface area (Å²) in [6.07, 6.45) is 5.42. The molecule has 1 aromatic carbocycles. The molecule has 1 aliphatic carbocycles. The third-order valence-electron chi connectivity index (χ3n) is 5.01. The second kappa shape index (κ2) is 7.29. The number of carboxylic acids is 1. The SMILES string of the molecule is O=C(O)C1CC2CCCCC2N1CCOc1ccc(Cl)cc1Cl. The van der Waals surface area contributed by atoms with Crippen LogP contribution in [0.1, 0.15) is 32.1 Å². The molecule has 0 amide bonds. The number of ether oxygens (including phenoxy) is 1. The zero-order valence-electron chi connectivity index (χ0n) is 12.9. The molecule has 1 aliphatic heterocycles.